The molecule has 1 aliphatic heterocycles. The second kappa shape index (κ2) is 5.81. The number of thioether (sulfide) groups is 1. The van der Waals surface area contributed by atoms with E-state index in [0.717, 1.165) is 5.56 Å². The van der Waals surface area contributed by atoms with E-state index in [1.165, 1.54) is 24.7 Å². The Morgan fingerprint density at radius 3 is 2.89 bits per heavy atom. The van der Waals surface area contributed by atoms with E-state index >= 15 is 0 Å². The van der Waals surface area contributed by atoms with Crippen LogP contribution in [0.2, 0.25) is 5.02 Å². The van der Waals surface area contributed by atoms with Crippen LogP contribution in [0.1, 0.15) is 25.3 Å². The zero-order valence-electron chi connectivity index (χ0n) is 10.8. The van der Waals surface area contributed by atoms with Gasteiger partial charge in [-0.15, -0.1) is 0 Å². The fourth-order valence-corrected chi connectivity index (χ4v) is 4.21. The predicted molar refractivity (Wildman–Crippen MR) is 78.1 cm³/mol. The summed E-state index contributed by atoms with van der Waals surface area (Å²) in [5.41, 5.74) is 0.743. The third-order valence-electron chi connectivity index (χ3n) is 3.77. The highest BCUT2D eigenvalue weighted by Crippen LogP contribution is 2.41. The van der Waals surface area contributed by atoms with Crippen LogP contribution >= 0.6 is 23.4 Å². The van der Waals surface area contributed by atoms with Crippen LogP contribution in [0.4, 0.5) is 4.39 Å². The van der Waals surface area contributed by atoms with E-state index in [1.807, 2.05) is 18.8 Å². The number of hydrogen-bond donors (Lipinski definition) is 1. The van der Waals surface area contributed by atoms with Crippen LogP contribution in [-0.2, 0) is 6.42 Å². The molecule has 0 saturated carbocycles. The lowest BCUT2D eigenvalue weighted by Gasteiger charge is -2.33. The smallest absolute Gasteiger partial charge is 0.127 e. The van der Waals surface area contributed by atoms with Gasteiger partial charge < -0.3 is 5.32 Å². The van der Waals surface area contributed by atoms with E-state index in [2.05, 4.69) is 12.2 Å². The maximum Gasteiger partial charge on any atom is 0.127 e. The van der Waals surface area contributed by atoms with Crippen LogP contribution in [0, 0.1) is 5.82 Å². The van der Waals surface area contributed by atoms with Gasteiger partial charge in [-0.3, -0.25) is 0 Å². The van der Waals surface area contributed by atoms with Crippen molar-refractivity contribution in [3.05, 3.63) is 34.6 Å². The van der Waals surface area contributed by atoms with Crippen LogP contribution in [-0.4, -0.2) is 23.6 Å². The molecule has 18 heavy (non-hydrogen) atoms. The quantitative estimate of drug-likeness (QED) is 0.901. The highest BCUT2D eigenvalue weighted by molar-refractivity contribution is 8.00. The van der Waals surface area contributed by atoms with Gasteiger partial charge in [0.1, 0.15) is 5.82 Å². The zero-order chi connectivity index (χ0) is 13.2. The molecule has 2 unspecified atom stereocenters. The maximum absolute atomic E-state index is 13.8. The topological polar surface area (TPSA) is 12.0 Å². The molecule has 0 aliphatic carbocycles. The van der Waals surface area contributed by atoms with Crippen LogP contribution in [0.3, 0.4) is 0 Å². The van der Waals surface area contributed by atoms with E-state index in [4.69, 9.17) is 11.6 Å². The van der Waals surface area contributed by atoms with Crippen LogP contribution in [0.15, 0.2) is 18.2 Å². The first-order chi connectivity index (χ1) is 8.55. The Hall–Kier alpha value is -0.250. The number of halogens is 2. The molecule has 1 aliphatic rings. The number of nitrogens with one attached hydrogen (secondary N) is 1. The van der Waals surface area contributed by atoms with Gasteiger partial charge in [-0.05, 0) is 56.7 Å². The minimum absolute atomic E-state index is 0.200. The van der Waals surface area contributed by atoms with Crippen LogP contribution in [0.25, 0.3) is 0 Å². The zero-order valence-corrected chi connectivity index (χ0v) is 12.4. The van der Waals surface area contributed by atoms with Gasteiger partial charge in [0, 0.05) is 15.8 Å². The molecule has 1 saturated heterocycles. The minimum Gasteiger partial charge on any atom is -0.315 e. The van der Waals surface area contributed by atoms with Crippen molar-refractivity contribution >= 4 is 23.4 Å². The predicted octanol–water partition coefficient (Wildman–Crippen LogP) is 3.90. The second-order valence-electron chi connectivity index (χ2n) is 5.05. The number of benzene rings is 1. The summed E-state index contributed by atoms with van der Waals surface area (Å²) in [6.45, 7) is 2.28. The molecule has 0 bridgehead atoms. The Morgan fingerprint density at radius 2 is 2.33 bits per heavy atom. The monoisotopic (exact) mass is 287 g/mol. The lowest BCUT2D eigenvalue weighted by Crippen LogP contribution is -2.45. The number of hydrogen-bond acceptors (Lipinski definition) is 2. The summed E-state index contributed by atoms with van der Waals surface area (Å²) in [4.78, 5) is 0. The molecule has 0 spiro atoms. The van der Waals surface area contributed by atoms with E-state index in [9.17, 15) is 4.39 Å². The van der Waals surface area contributed by atoms with Crippen LogP contribution in [0.5, 0.6) is 0 Å². The summed E-state index contributed by atoms with van der Waals surface area (Å²) < 4.78 is 14.0. The lowest BCUT2D eigenvalue weighted by atomic mass is 9.91. The molecule has 1 N–H and O–H groups in total. The van der Waals surface area contributed by atoms with Gasteiger partial charge in [-0.1, -0.05) is 17.7 Å². The number of likely N-dealkylation sites (N-methyl/N-ethyl adjacent to an activating group) is 1. The maximum atomic E-state index is 13.8. The van der Waals surface area contributed by atoms with Crippen molar-refractivity contribution in [1.29, 1.82) is 0 Å². The molecule has 0 amide bonds. The standard InChI is InChI=1S/C14H19ClFNS/c1-14(6-3-7-18-14)13(17-2)8-10-4-5-11(15)9-12(10)16/h4-5,9,13,17H,3,6-8H2,1-2H3. The molecule has 1 aromatic carbocycles. The molecule has 1 nitrogen and oxygen atoms in total. The van der Waals surface area contributed by atoms with Crippen molar-refractivity contribution in [1.82, 2.24) is 5.32 Å². The molecule has 100 valence electrons. The first-order valence-electron chi connectivity index (χ1n) is 6.30. The fraction of sp³-hybridized carbons (Fsp3) is 0.571. The minimum atomic E-state index is -0.200. The van der Waals surface area contributed by atoms with E-state index in [0.29, 0.717) is 17.5 Å². The summed E-state index contributed by atoms with van der Waals surface area (Å²) >= 11 is 7.78. The van der Waals surface area contributed by atoms with Gasteiger partial charge in [-0.25, -0.2) is 4.39 Å². The normalized spacial score (nSPS) is 25.3. The molecular formula is C14H19ClFNS. The third kappa shape index (κ3) is 3.01. The van der Waals surface area contributed by atoms with E-state index in [-0.39, 0.29) is 10.6 Å². The average molecular weight is 288 g/mol. The molecule has 1 fully saturated rings. The van der Waals surface area contributed by atoms with Crippen molar-refractivity contribution < 1.29 is 4.39 Å². The Labute approximate surface area is 117 Å². The average Bonchev–Trinajstić information content (AvgIpc) is 2.76. The van der Waals surface area contributed by atoms with Gasteiger partial charge in [0.25, 0.3) is 0 Å². The Balaban J connectivity index is 2.15. The summed E-state index contributed by atoms with van der Waals surface area (Å²) in [6.07, 6.45) is 3.16. The molecular weight excluding hydrogens is 269 g/mol. The van der Waals surface area contributed by atoms with Gasteiger partial charge >= 0.3 is 0 Å². The molecule has 4 heteroatoms. The highest BCUT2D eigenvalue weighted by Gasteiger charge is 2.37. The molecule has 0 radical (unpaired) electrons. The summed E-state index contributed by atoms with van der Waals surface area (Å²) in [6, 6.07) is 5.25. The lowest BCUT2D eigenvalue weighted by molar-refractivity contribution is 0.418. The van der Waals surface area contributed by atoms with E-state index < -0.39 is 0 Å². The summed E-state index contributed by atoms with van der Waals surface area (Å²) in [7, 11) is 1.96. The molecule has 1 heterocycles. The largest absolute Gasteiger partial charge is 0.315 e. The second-order valence-corrected chi connectivity index (χ2v) is 7.11. The fourth-order valence-electron chi connectivity index (χ4n) is 2.61. The summed E-state index contributed by atoms with van der Waals surface area (Å²) in [5, 5.41) is 3.81. The van der Waals surface area contributed by atoms with Crippen molar-refractivity contribution in [3.8, 4) is 0 Å². The van der Waals surface area contributed by atoms with Gasteiger partial charge in [-0.2, -0.15) is 11.8 Å². The first kappa shape index (κ1) is 14.2. The Bertz CT molecular complexity index is 418. The van der Waals surface area contributed by atoms with Crippen molar-refractivity contribution in [3.63, 3.8) is 0 Å². The molecule has 1 aromatic rings. The molecule has 0 aromatic heterocycles. The van der Waals surface area contributed by atoms with E-state index in [1.54, 1.807) is 12.1 Å². The van der Waals surface area contributed by atoms with Gasteiger partial charge in [0.05, 0.1) is 0 Å². The third-order valence-corrected chi connectivity index (χ3v) is 5.65. The molecule has 2 rings (SSSR count). The Morgan fingerprint density at radius 1 is 1.56 bits per heavy atom. The van der Waals surface area contributed by atoms with Crippen molar-refractivity contribution in [2.24, 2.45) is 0 Å². The Kier molecular flexibility index (Phi) is 4.57. The SMILES string of the molecule is CNC(Cc1ccc(Cl)cc1F)C1(C)CCCS1. The van der Waals surface area contributed by atoms with Gasteiger partial charge in [0.15, 0.2) is 0 Å². The first-order valence-corrected chi connectivity index (χ1v) is 7.67. The van der Waals surface area contributed by atoms with Crippen LogP contribution < -0.4 is 5.32 Å². The van der Waals surface area contributed by atoms with Crippen molar-refractivity contribution in [2.45, 2.75) is 37.0 Å². The van der Waals surface area contributed by atoms with Gasteiger partial charge in [0.2, 0.25) is 0 Å². The van der Waals surface area contributed by atoms with Crippen molar-refractivity contribution in [2.75, 3.05) is 12.8 Å². The molecule has 2 atom stereocenters. The highest BCUT2D eigenvalue weighted by atomic mass is 35.5. The summed E-state index contributed by atoms with van der Waals surface area (Å²) in [5.74, 6) is 1.01. The number of rotatable bonds is 4.